The minimum absolute atomic E-state index is 0.240. The van der Waals surface area contributed by atoms with Crippen molar-refractivity contribution in [2.75, 3.05) is 44.4 Å². The number of piperidine rings is 1. The van der Waals surface area contributed by atoms with Crippen LogP contribution in [0, 0.1) is 5.92 Å². The number of hydrogen-bond donors (Lipinski definition) is 0. The molecule has 10 heteroatoms. The zero-order valence-electron chi connectivity index (χ0n) is 18.6. The molecule has 0 spiro atoms. The van der Waals surface area contributed by atoms with Crippen LogP contribution in [-0.2, 0) is 27.7 Å². The number of fused-ring (bicyclic) bond motifs is 1. The standard InChI is InChI=1S/C20H33N5O4S/c1-20(2,3)29-19(26)24-9-6-15(7-10-24)13-23(4)18-21-12-16-14-25(30(5,27)28)11-8-17(16)22-18/h12,15H,6-11,13-14H2,1-5H3. The first kappa shape index (κ1) is 22.7. The third-order valence-corrected chi connectivity index (χ3v) is 6.74. The maximum Gasteiger partial charge on any atom is 0.410 e. The fraction of sp³-hybridized carbons (Fsp3) is 0.750. The van der Waals surface area contributed by atoms with E-state index in [0.717, 1.165) is 30.6 Å². The number of aromatic nitrogens is 2. The summed E-state index contributed by atoms with van der Waals surface area (Å²) in [4.78, 5) is 25.2. The van der Waals surface area contributed by atoms with Gasteiger partial charge >= 0.3 is 6.09 Å². The van der Waals surface area contributed by atoms with E-state index in [0.29, 0.717) is 44.5 Å². The fourth-order valence-electron chi connectivity index (χ4n) is 3.84. The molecule has 168 valence electrons. The predicted octanol–water partition coefficient (Wildman–Crippen LogP) is 1.88. The summed E-state index contributed by atoms with van der Waals surface area (Å²) in [5.41, 5.74) is 1.32. The van der Waals surface area contributed by atoms with Crippen LogP contribution < -0.4 is 4.90 Å². The fourth-order valence-corrected chi connectivity index (χ4v) is 4.64. The van der Waals surface area contributed by atoms with E-state index in [1.54, 1.807) is 11.1 Å². The minimum atomic E-state index is -3.20. The molecular weight excluding hydrogens is 406 g/mol. The highest BCUT2D eigenvalue weighted by atomic mass is 32.2. The summed E-state index contributed by atoms with van der Waals surface area (Å²) in [7, 11) is -1.22. The number of likely N-dealkylation sites (tertiary alicyclic amines) is 1. The van der Waals surface area contributed by atoms with Gasteiger partial charge in [0, 0.05) is 58.0 Å². The van der Waals surface area contributed by atoms with Gasteiger partial charge in [0.15, 0.2) is 0 Å². The summed E-state index contributed by atoms with van der Waals surface area (Å²) in [6.45, 7) is 8.63. The zero-order chi connectivity index (χ0) is 22.1. The van der Waals surface area contributed by atoms with E-state index >= 15 is 0 Å². The number of sulfonamides is 1. The van der Waals surface area contributed by atoms with Crippen LogP contribution in [0.25, 0.3) is 0 Å². The minimum Gasteiger partial charge on any atom is -0.444 e. The average molecular weight is 440 g/mol. The van der Waals surface area contributed by atoms with Gasteiger partial charge in [-0.2, -0.15) is 4.31 Å². The predicted molar refractivity (Wildman–Crippen MR) is 115 cm³/mol. The van der Waals surface area contributed by atoms with Crippen LogP contribution in [0.3, 0.4) is 0 Å². The van der Waals surface area contributed by atoms with Gasteiger partial charge < -0.3 is 14.5 Å². The van der Waals surface area contributed by atoms with Gasteiger partial charge in [-0.15, -0.1) is 0 Å². The van der Waals surface area contributed by atoms with Gasteiger partial charge in [0.1, 0.15) is 5.60 Å². The normalized spacial score (nSPS) is 18.8. The summed E-state index contributed by atoms with van der Waals surface area (Å²) in [5.74, 6) is 1.12. The summed E-state index contributed by atoms with van der Waals surface area (Å²) in [6, 6.07) is 0. The first-order chi connectivity index (χ1) is 13.9. The maximum atomic E-state index is 12.2. The average Bonchev–Trinajstić information content (AvgIpc) is 2.65. The van der Waals surface area contributed by atoms with Crippen molar-refractivity contribution in [3.8, 4) is 0 Å². The molecule has 1 amide bonds. The third-order valence-electron chi connectivity index (χ3n) is 5.49. The lowest BCUT2D eigenvalue weighted by Gasteiger charge is -2.35. The van der Waals surface area contributed by atoms with Gasteiger partial charge in [-0.1, -0.05) is 0 Å². The van der Waals surface area contributed by atoms with Crippen LogP contribution in [-0.4, -0.2) is 78.8 Å². The van der Waals surface area contributed by atoms with Crippen LogP contribution in [0.1, 0.15) is 44.9 Å². The molecule has 9 nitrogen and oxygen atoms in total. The number of hydrogen-bond acceptors (Lipinski definition) is 7. The lowest BCUT2D eigenvalue weighted by atomic mass is 9.96. The molecule has 3 heterocycles. The van der Waals surface area contributed by atoms with Crippen LogP contribution in [0.5, 0.6) is 0 Å². The molecule has 0 saturated carbocycles. The lowest BCUT2D eigenvalue weighted by molar-refractivity contribution is 0.0186. The Hall–Kier alpha value is -1.94. The molecule has 1 saturated heterocycles. The quantitative estimate of drug-likeness (QED) is 0.707. The Labute approximate surface area is 179 Å². The van der Waals surface area contributed by atoms with Crippen LogP contribution in [0.15, 0.2) is 6.20 Å². The molecule has 0 aromatic carbocycles. The summed E-state index contributed by atoms with van der Waals surface area (Å²) in [6.07, 6.45) is 5.16. The Morgan fingerprint density at radius 2 is 1.93 bits per heavy atom. The molecule has 3 rings (SSSR count). The number of nitrogens with zero attached hydrogens (tertiary/aromatic N) is 5. The SMILES string of the molecule is CN(CC1CCN(C(=O)OC(C)(C)C)CC1)c1ncc2c(n1)CCN(S(C)(=O)=O)C2. The smallest absolute Gasteiger partial charge is 0.410 e. The van der Waals surface area contributed by atoms with Crippen LogP contribution in [0.2, 0.25) is 0 Å². The highest BCUT2D eigenvalue weighted by molar-refractivity contribution is 7.88. The summed E-state index contributed by atoms with van der Waals surface area (Å²) in [5, 5.41) is 0. The van der Waals surface area contributed by atoms with Crippen molar-refractivity contribution < 1.29 is 17.9 Å². The highest BCUT2D eigenvalue weighted by Crippen LogP contribution is 2.24. The van der Waals surface area contributed by atoms with Gasteiger partial charge in [0.2, 0.25) is 16.0 Å². The largest absolute Gasteiger partial charge is 0.444 e. The Morgan fingerprint density at radius 1 is 1.27 bits per heavy atom. The Bertz CT molecular complexity index is 876. The topological polar surface area (TPSA) is 95.9 Å². The Morgan fingerprint density at radius 3 is 2.53 bits per heavy atom. The number of ether oxygens (including phenoxy) is 1. The molecule has 2 aliphatic heterocycles. The van der Waals surface area contributed by atoms with E-state index in [2.05, 4.69) is 14.9 Å². The van der Waals surface area contributed by atoms with Gasteiger partial charge in [-0.25, -0.2) is 23.2 Å². The van der Waals surface area contributed by atoms with Crippen molar-refractivity contribution in [1.82, 2.24) is 19.2 Å². The maximum absolute atomic E-state index is 12.2. The molecule has 30 heavy (non-hydrogen) atoms. The van der Waals surface area contributed by atoms with Crippen LogP contribution in [0.4, 0.5) is 10.7 Å². The third kappa shape index (κ3) is 5.81. The summed E-state index contributed by atoms with van der Waals surface area (Å²) < 4.78 is 30.5. The first-order valence-corrected chi connectivity index (χ1v) is 12.3. The van der Waals surface area contributed by atoms with Gasteiger partial charge in [-0.05, 0) is 39.5 Å². The lowest BCUT2D eigenvalue weighted by Crippen LogP contribution is -2.43. The second-order valence-corrected chi connectivity index (χ2v) is 11.3. The first-order valence-electron chi connectivity index (χ1n) is 10.4. The summed E-state index contributed by atoms with van der Waals surface area (Å²) >= 11 is 0. The van der Waals surface area contributed by atoms with Crippen molar-refractivity contribution in [3.05, 3.63) is 17.5 Å². The van der Waals surface area contributed by atoms with E-state index in [1.165, 1.54) is 10.6 Å². The molecule has 1 fully saturated rings. The van der Waals surface area contributed by atoms with Crippen molar-refractivity contribution in [1.29, 1.82) is 0 Å². The van der Waals surface area contributed by atoms with Gasteiger partial charge in [0.25, 0.3) is 0 Å². The van der Waals surface area contributed by atoms with Crippen molar-refractivity contribution >= 4 is 22.1 Å². The van der Waals surface area contributed by atoms with Gasteiger partial charge in [-0.3, -0.25) is 0 Å². The Kier molecular flexibility index (Phi) is 6.57. The molecular formula is C20H33N5O4S. The number of amides is 1. The van der Waals surface area contributed by atoms with E-state index in [9.17, 15) is 13.2 Å². The molecule has 0 N–H and O–H groups in total. The second-order valence-electron chi connectivity index (χ2n) is 9.28. The molecule has 0 unspecified atom stereocenters. The van der Waals surface area contributed by atoms with Crippen molar-refractivity contribution in [2.45, 2.75) is 52.2 Å². The Balaban J connectivity index is 1.54. The van der Waals surface area contributed by atoms with Crippen LogP contribution >= 0.6 is 0 Å². The molecule has 0 radical (unpaired) electrons. The molecule has 1 aromatic rings. The van der Waals surface area contributed by atoms with E-state index in [-0.39, 0.29) is 6.09 Å². The number of anilines is 1. The monoisotopic (exact) mass is 439 g/mol. The number of rotatable bonds is 4. The van der Waals surface area contributed by atoms with Crippen molar-refractivity contribution in [3.63, 3.8) is 0 Å². The van der Waals surface area contributed by atoms with E-state index in [4.69, 9.17) is 4.74 Å². The second kappa shape index (κ2) is 8.66. The molecule has 2 aliphatic rings. The molecule has 0 aliphatic carbocycles. The molecule has 1 aromatic heterocycles. The van der Waals surface area contributed by atoms with Gasteiger partial charge in [0.05, 0.1) is 11.9 Å². The molecule has 0 atom stereocenters. The van der Waals surface area contributed by atoms with E-state index < -0.39 is 15.6 Å². The van der Waals surface area contributed by atoms with E-state index in [1.807, 2.05) is 27.8 Å². The van der Waals surface area contributed by atoms with Crippen molar-refractivity contribution in [2.24, 2.45) is 5.92 Å². The molecule has 0 bridgehead atoms. The number of carbonyl (C=O) groups is 1. The highest BCUT2D eigenvalue weighted by Gasteiger charge is 2.28. The zero-order valence-corrected chi connectivity index (χ0v) is 19.4. The number of carbonyl (C=O) groups excluding carboxylic acids is 1.